The van der Waals surface area contributed by atoms with Crippen molar-refractivity contribution in [3.8, 4) is 11.4 Å². The van der Waals surface area contributed by atoms with Crippen molar-refractivity contribution in [2.24, 2.45) is 5.92 Å². The number of nitrogens with zero attached hydrogens (tertiary/aromatic N) is 3. The number of hydrogen-bond acceptors (Lipinski definition) is 6. The lowest BCUT2D eigenvalue weighted by Gasteiger charge is -2.17. The van der Waals surface area contributed by atoms with Gasteiger partial charge in [-0.3, -0.25) is 14.9 Å². The van der Waals surface area contributed by atoms with Crippen LogP contribution in [0.2, 0.25) is 0 Å². The topological polar surface area (TPSA) is 111 Å². The second-order valence-electron chi connectivity index (χ2n) is 6.73. The van der Waals surface area contributed by atoms with Crippen LogP contribution in [-0.2, 0) is 4.79 Å². The normalized spacial score (nSPS) is 12.2. The Labute approximate surface area is 167 Å². The molecule has 3 aromatic rings. The molecule has 1 N–H and O–H groups in total. The monoisotopic (exact) mass is 392 g/mol. The molecule has 29 heavy (non-hydrogen) atoms. The van der Waals surface area contributed by atoms with Gasteiger partial charge in [0.25, 0.3) is 5.69 Å². The van der Waals surface area contributed by atoms with Gasteiger partial charge in [0, 0.05) is 23.8 Å². The van der Waals surface area contributed by atoms with Crippen molar-refractivity contribution in [1.82, 2.24) is 15.5 Å². The van der Waals surface area contributed by atoms with Crippen molar-refractivity contribution < 1.29 is 14.2 Å². The van der Waals surface area contributed by atoms with Gasteiger partial charge in [-0.1, -0.05) is 49.3 Å². The molecule has 148 valence electrons. The molecule has 0 aliphatic heterocycles. The largest absolute Gasteiger partial charge is 0.340 e. The van der Waals surface area contributed by atoms with Gasteiger partial charge in [-0.05, 0) is 29.7 Å². The Bertz CT molecular complexity index is 1010. The molecule has 0 radical (unpaired) electrons. The van der Waals surface area contributed by atoms with Crippen molar-refractivity contribution in [1.29, 1.82) is 0 Å². The summed E-state index contributed by atoms with van der Waals surface area (Å²) in [5.74, 6) is 0.307. The highest BCUT2D eigenvalue weighted by molar-refractivity contribution is 5.91. The van der Waals surface area contributed by atoms with Crippen molar-refractivity contribution in [3.05, 3.63) is 82.2 Å². The smallest absolute Gasteiger partial charge is 0.269 e. The second-order valence-corrected chi connectivity index (χ2v) is 6.73. The zero-order valence-corrected chi connectivity index (χ0v) is 16.0. The van der Waals surface area contributed by atoms with Crippen LogP contribution in [0.3, 0.4) is 0 Å². The minimum Gasteiger partial charge on any atom is -0.340 e. The Morgan fingerprint density at radius 2 is 1.83 bits per heavy atom. The fourth-order valence-corrected chi connectivity index (χ4v) is 2.66. The quantitative estimate of drug-likeness (QED) is 0.367. The lowest BCUT2D eigenvalue weighted by atomic mass is 10.0. The third-order valence-electron chi connectivity index (χ3n) is 4.24. The van der Waals surface area contributed by atoms with E-state index in [-0.39, 0.29) is 23.4 Å². The molecular weight excluding hydrogens is 372 g/mol. The van der Waals surface area contributed by atoms with Crippen LogP contribution in [-0.4, -0.2) is 21.0 Å². The van der Waals surface area contributed by atoms with E-state index < -0.39 is 11.0 Å². The van der Waals surface area contributed by atoms with Gasteiger partial charge in [-0.2, -0.15) is 4.98 Å². The summed E-state index contributed by atoms with van der Waals surface area (Å²) in [6.07, 6.45) is 3.18. The predicted molar refractivity (Wildman–Crippen MR) is 108 cm³/mol. The number of non-ortho nitro benzene ring substituents is 1. The summed E-state index contributed by atoms with van der Waals surface area (Å²) < 4.78 is 5.35. The highest BCUT2D eigenvalue weighted by atomic mass is 16.6. The average molecular weight is 392 g/mol. The highest BCUT2D eigenvalue weighted by Gasteiger charge is 2.24. The number of nitrogens with one attached hydrogen (secondary N) is 1. The Morgan fingerprint density at radius 1 is 1.14 bits per heavy atom. The summed E-state index contributed by atoms with van der Waals surface area (Å²) in [4.78, 5) is 27.0. The van der Waals surface area contributed by atoms with Crippen molar-refractivity contribution in [2.45, 2.75) is 19.9 Å². The van der Waals surface area contributed by atoms with Crippen LogP contribution >= 0.6 is 0 Å². The lowest BCUT2D eigenvalue weighted by molar-refractivity contribution is -0.384. The standard InChI is InChI=1S/C21H20N4O4/c1-14(2)19(22-18(26)13-8-15-6-4-3-5-7-15)21-23-20(24-29-21)16-9-11-17(12-10-16)25(27)28/h3-14,19H,1-2H3,(H,22,26)/b13-8+. The number of amides is 1. The molecule has 1 atom stereocenters. The fraction of sp³-hybridized carbons (Fsp3) is 0.190. The predicted octanol–water partition coefficient (Wildman–Crippen LogP) is 4.17. The van der Waals surface area contributed by atoms with Crippen LogP contribution in [0, 0.1) is 16.0 Å². The summed E-state index contributed by atoms with van der Waals surface area (Å²) in [6, 6.07) is 14.9. The number of rotatable bonds is 7. The van der Waals surface area contributed by atoms with Crippen molar-refractivity contribution >= 4 is 17.7 Å². The van der Waals surface area contributed by atoms with E-state index in [1.807, 2.05) is 44.2 Å². The first-order valence-corrected chi connectivity index (χ1v) is 9.06. The number of hydrogen-bond donors (Lipinski definition) is 1. The molecule has 1 aromatic heterocycles. The molecule has 3 rings (SSSR count). The maximum Gasteiger partial charge on any atom is 0.269 e. The van der Waals surface area contributed by atoms with Crippen molar-refractivity contribution in [3.63, 3.8) is 0 Å². The van der Waals surface area contributed by atoms with Crippen LogP contribution in [0.25, 0.3) is 17.5 Å². The molecule has 1 heterocycles. The molecule has 1 unspecified atom stereocenters. The van der Waals surface area contributed by atoms with E-state index in [4.69, 9.17) is 4.52 Å². The SMILES string of the molecule is CC(C)C(NC(=O)/C=C/c1ccccc1)c1nc(-c2ccc([N+](=O)[O-])cc2)no1. The van der Waals surface area contributed by atoms with E-state index in [2.05, 4.69) is 15.5 Å². The van der Waals surface area contributed by atoms with E-state index in [0.717, 1.165) is 5.56 Å². The van der Waals surface area contributed by atoms with Gasteiger partial charge in [-0.25, -0.2) is 0 Å². The van der Waals surface area contributed by atoms with Gasteiger partial charge in [0.05, 0.1) is 4.92 Å². The maximum absolute atomic E-state index is 12.3. The van der Waals surface area contributed by atoms with E-state index in [1.165, 1.54) is 18.2 Å². The summed E-state index contributed by atoms with van der Waals surface area (Å²) in [6.45, 7) is 3.86. The van der Waals surface area contributed by atoms with E-state index in [0.29, 0.717) is 11.4 Å². The van der Waals surface area contributed by atoms with Crippen molar-refractivity contribution in [2.75, 3.05) is 0 Å². The van der Waals surface area contributed by atoms with Gasteiger partial charge in [0.1, 0.15) is 6.04 Å². The first-order chi connectivity index (χ1) is 13.9. The summed E-state index contributed by atoms with van der Waals surface area (Å²) >= 11 is 0. The first kappa shape index (κ1) is 19.9. The molecule has 0 saturated heterocycles. The molecule has 2 aromatic carbocycles. The lowest BCUT2D eigenvalue weighted by Crippen LogP contribution is -2.30. The number of benzene rings is 2. The molecule has 8 heteroatoms. The Hall–Kier alpha value is -3.81. The highest BCUT2D eigenvalue weighted by Crippen LogP contribution is 2.25. The fourth-order valence-electron chi connectivity index (χ4n) is 2.66. The molecule has 1 amide bonds. The molecule has 0 aliphatic rings. The maximum atomic E-state index is 12.3. The van der Waals surface area contributed by atoms with Crippen LogP contribution in [0.5, 0.6) is 0 Å². The molecule has 0 fully saturated rings. The third kappa shape index (κ3) is 5.13. The third-order valence-corrected chi connectivity index (χ3v) is 4.24. The first-order valence-electron chi connectivity index (χ1n) is 9.06. The number of nitro groups is 1. The molecule has 8 nitrogen and oxygen atoms in total. The van der Waals surface area contributed by atoms with E-state index in [9.17, 15) is 14.9 Å². The Morgan fingerprint density at radius 3 is 2.45 bits per heavy atom. The van der Waals surface area contributed by atoms with Crippen LogP contribution in [0.15, 0.2) is 65.2 Å². The van der Waals surface area contributed by atoms with E-state index >= 15 is 0 Å². The Balaban J connectivity index is 1.73. The van der Waals surface area contributed by atoms with Gasteiger partial charge in [-0.15, -0.1) is 0 Å². The van der Waals surface area contributed by atoms with Crippen LogP contribution in [0.4, 0.5) is 5.69 Å². The molecular formula is C21H20N4O4. The minimum atomic E-state index is -0.473. The van der Waals surface area contributed by atoms with Gasteiger partial charge in [0.2, 0.25) is 17.6 Å². The summed E-state index contributed by atoms with van der Waals surface area (Å²) in [5.41, 5.74) is 1.49. The van der Waals surface area contributed by atoms with E-state index in [1.54, 1.807) is 18.2 Å². The number of nitro benzene ring substituents is 1. The van der Waals surface area contributed by atoms with Crippen LogP contribution < -0.4 is 5.32 Å². The zero-order valence-electron chi connectivity index (χ0n) is 16.0. The number of aromatic nitrogens is 2. The van der Waals surface area contributed by atoms with Crippen LogP contribution in [0.1, 0.15) is 31.3 Å². The Kier molecular flexibility index (Phi) is 6.13. The summed E-state index contributed by atoms with van der Waals surface area (Å²) in [5, 5.41) is 17.6. The van der Waals surface area contributed by atoms with Gasteiger partial charge in [0.15, 0.2) is 0 Å². The zero-order chi connectivity index (χ0) is 20.8. The molecule has 0 saturated carbocycles. The van der Waals surface area contributed by atoms with Gasteiger partial charge < -0.3 is 9.84 Å². The molecule has 0 spiro atoms. The molecule has 0 aliphatic carbocycles. The summed E-state index contributed by atoms with van der Waals surface area (Å²) in [7, 11) is 0. The average Bonchev–Trinajstić information content (AvgIpc) is 3.21. The molecule has 0 bridgehead atoms. The number of carbonyl (C=O) groups excluding carboxylic acids is 1. The number of carbonyl (C=O) groups is 1. The minimum absolute atomic E-state index is 0.00855. The second kappa shape index (κ2) is 8.92. The van der Waals surface area contributed by atoms with Gasteiger partial charge >= 0.3 is 0 Å².